The molecule has 2 aromatic rings. The molecule has 0 bridgehead atoms. The third-order valence-electron chi connectivity index (χ3n) is 9.79. The first-order valence-corrected chi connectivity index (χ1v) is 20.0. The molecule has 5 atom stereocenters. The highest BCUT2D eigenvalue weighted by atomic mass is 32.2. The lowest BCUT2D eigenvalue weighted by atomic mass is 9.82. The number of nitrogens with one attached hydrogen (secondary N) is 2. The van der Waals surface area contributed by atoms with E-state index < -0.39 is 57.8 Å². The van der Waals surface area contributed by atoms with Crippen molar-refractivity contribution in [2.24, 2.45) is 17.8 Å². The number of aliphatic hydroxyl groups is 2. The van der Waals surface area contributed by atoms with Gasteiger partial charge >= 0.3 is 0 Å². The molecule has 0 heterocycles. The van der Waals surface area contributed by atoms with Gasteiger partial charge < -0.3 is 25.7 Å². The fourth-order valence-electron chi connectivity index (χ4n) is 6.79. The van der Waals surface area contributed by atoms with Crippen LogP contribution in [0.4, 0.5) is 0 Å². The van der Waals surface area contributed by atoms with E-state index in [9.17, 15) is 28.2 Å². The number of carbonyl (C=O) groups excluding carboxylic acids is 2. The van der Waals surface area contributed by atoms with Crippen LogP contribution in [0.3, 0.4) is 0 Å². The predicted octanol–water partition coefficient (Wildman–Crippen LogP) is 3.97. The van der Waals surface area contributed by atoms with E-state index in [0.717, 1.165) is 43.2 Å². The summed E-state index contributed by atoms with van der Waals surface area (Å²) in [6, 6.07) is 17.2. The fourth-order valence-corrected chi connectivity index (χ4v) is 8.18. The van der Waals surface area contributed by atoms with E-state index in [1.807, 2.05) is 86.5 Å². The molecule has 3 unspecified atom stereocenters. The molecule has 1 aliphatic rings. The van der Waals surface area contributed by atoms with E-state index in [-0.39, 0.29) is 25.3 Å². The zero-order valence-electron chi connectivity index (χ0n) is 30.9. The Kier molecular flexibility index (Phi) is 17.6. The van der Waals surface area contributed by atoms with Gasteiger partial charge in [0.05, 0.1) is 23.8 Å². The summed E-state index contributed by atoms with van der Waals surface area (Å²) in [7, 11) is -0.436. The van der Waals surface area contributed by atoms with Crippen molar-refractivity contribution >= 4 is 21.8 Å². The summed E-state index contributed by atoms with van der Waals surface area (Å²) in [6.07, 6.45) is 9.60. The topological polar surface area (TPSA) is 139 Å². The SMILES string of the molecule is C#CC[C@H](NC(=O)C(Cc1ccccc1)CS(=O)(=O)N(C)CCN(C)Cc1ccccc1)C(=O)NC(CC1CCCCC1)[C@@H](O)C(O)CC(C)C. The standard InChI is InChI=1S/C40H60N4O6S/c1-6-16-35(40(48)42-36(27-32-19-12-8-13-20-32)38(46)37(45)25-30(2)3)41-39(47)34(26-31-17-10-7-11-18-31)29-51(49,50)44(5)24-23-43(4)28-33-21-14-9-15-22-33/h1,7,9-11,14-15,17-18,21-22,30,32,34-38,45-46H,8,12-13,16,19-20,23-29H2,2-5H3,(H,41,47)(H,42,48)/t34?,35-,36?,37?,38+/m0/s1. The molecule has 0 spiro atoms. The van der Waals surface area contributed by atoms with Crippen molar-refractivity contribution in [3.63, 3.8) is 0 Å². The molecule has 0 aliphatic heterocycles. The van der Waals surface area contributed by atoms with Gasteiger partial charge in [-0.15, -0.1) is 12.3 Å². The van der Waals surface area contributed by atoms with Gasteiger partial charge in [0, 0.05) is 33.1 Å². The van der Waals surface area contributed by atoms with Gasteiger partial charge in [0.2, 0.25) is 21.8 Å². The molecule has 1 saturated carbocycles. The molecular formula is C40H60N4O6S. The number of benzene rings is 2. The number of carbonyl (C=O) groups is 2. The van der Waals surface area contributed by atoms with E-state index in [1.165, 1.54) is 11.4 Å². The molecule has 2 amide bonds. The Labute approximate surface area is 306 Å². The van der Waals surface area contributed by atoms with Crippen molar-refractivity contribution in [2.75, 3.05) is 32.9 Å². The minimum atomic E-state index is -3.88. The monoisotopic (exact) mass is 724 g/mol. The lowest BCUT2D eigenvalue weighted by Crippen LogP contribution is -2.56. The van der Waals surface area contributed by atoms with Crippen LogP contribution in [-0.2, 0) is 32.6 Å². The number of likely N-dealkylation sites (N-methyl/N-ethyl adjacent to an activating group) is 2. The maximum atomic E-state index is 13.9. The van der Waals surface area contributed by atoms with Crippen molar-refractivity contribution in [2.45, 2.75) is 102 Å². The number of aliphatic hydroxyl groups excluding tert-OH is 2. The molecule has 1 fully saturated rings. The molecule has 10 nitrogen and oxygen atoms in total. The highest BCUT2D eigenvalue weighted by Gasteiger charge is 2.35. The van der Waals surface area contributed by atoms with Crippen LogP contribution in [-0.4, -0.2) is 96.9 Å². The molecule has 0 aromatic heterocycles. The summed E-state index contributed by atoms with van der Waals surface area (Å²) in [6.45, 7) is 5.31. The van der Waals surface area contributed by atoms with Crippen LogP contribution in [0.5, 0.6) is 0 Å². The number of nitrogens with zero attached hydrogens (tertiary/aromatic N) is 2. The number of hydrogen-bond acceptors (Lipinski definition) is 7. The Bertz CT molecular complexity index is 1480. The zero-order chi connectivity index (χ0) is 37.4. The van der Waals surface area contributed by atoms with E-state index in [2.05, 4.69) is 16.6 Å². The van der Waals surface area contributed by atoms with E-state index in [0.29, 0.717) is 31.8 Å². The normalized spacial score (nSPS) is 17.0. The number of amides is 2. The predicted molar refractivity (Wildman–Crippen MR) is 203 cm³/mol. The van der Waals surface area contributed by atoms with Crippen molar-refractivity contribution in [3.8, 4) is 12.3 Å². The van der Waals surface area contributed by atoms with Crippen molar-refractivity contribution in [1.29, 1.82) is 0 Å². The summed E-state index contributed by atoms with van der Waals surface area (Å²) >= 11 is 0. The minimum absolute atomic E-state index is 0.128. The third kappa shape index (κ3) is 14.7. The van der Waals surface area contributed by atoms with Crippen molar-refractivity contribution in [1.82, 2.24) is 19.8 Å². The van der Waals surface area contributed by atoms with Crippen molar-refractivity contribution < 1.29 is 28.2 Å². The Morgan fingerprint density at radius 1 is 0.902 bits per heavy atom. The van der Waals surface area contributed by atoms with Crippen LogP contribution in [0.2, 0.25) is 0 Å². The average molecular weight is 725 g/mol. The third-order valence-corrected chi connectivity index (χ3v) is 11.7. The quantitative estimate of drug-likeness (QED) is 0.143. The number of rotatable bonds is 21. The molecule has 0 saturated heterocycles. The summed E-state index contributed by atoms with van der Waals surface area (Å²) in [5, 5.41) is 27.7. The van der Waals surface area contributed by atoms with Crippen LogP contribution >= 0.6 is 0 Å². The smallest absolute Gasteiger partial charge is 0.243 e. The average Bonchev–Trinajstić information content (AvgIpc) is 3.10. The number of hydrogen-bond donors (Lipinski definition) is 4. The number of sulfonamides is 1. The van der Waals surface area contributed by atoms with E-state index >= 15 is 0 Å². The van der Waals surface area contributed by atoms with Crippen LogP contribution in [0, 0.1) is 30.1 Å². The van der Waals surface area contributed by atoms with Gasteiger partial charge in [0.1, 0.15) is 12.1 Å². The second kappa shape index (κ2) is 21.3. The van der Waals surface area contributed by atoms with Crippen molar-refractivity contribution in [3.05, 3.63) is 71.8 Å². The van der Waals surface area contributed by atoms with Crippen LogP contribution < -0.4 is 10.6 Å². The van der Waals surface area contributed by atoms with Gasteiger partial charge in [-0.3, -0.25) is 9.59 Å². The molecule has 1 aliphatic carbocycles. The Morgan fingerprint density at radius 2 is 1.51 bits per heavy atom. The molecule has 0 radical (unpaired) electrons. The summed E-state index contributed by atoms with van der Waals surface area (Å²) < 4.78 is 28.6. The lowest BCUT2D eigenvalue weighted by Gasteiger charge is -2.33. The van der Waals surface area contributed by atoms with Gasteiger partial charge in [-0.2, -0.15) is 0 Å². The molecule has 4 N–H and O–H groups in total. The molecule has 51 heavy (non-hydrogen) atoms. The molecule has 282 valence electrons. The van der Waals surface area contributed by atoms with Gasteiger partial charge in [-0.1, -0.05) is 107 Å². The van der Waals surface area contributed by atoms with E-state index in [1.54, 1.807) is 0 Å². The second-order valence-electron chi connectivity index (χ2n) is 14.7. The maximum Gasteiger partial charge on any atom is 0.243 e. The van der Waals surface area contributed by atoms with Crippen LogP contribution in [0.15, 0.2) is 60.7 Å². The van der Waals surface area contributed by atoms with Gasteiger partial charge in [-0.05, 0) is 49.3 Å². The van der Waals surface area contributed by atoms with Gasteiger partial charge in [0.25, 0.3) is 0 Å². The molecule has 11 heteroatoms. The lowest BCUT2D eigenvalue weighted by molar-refractivity contribution is -0.132. The highest BCUT2D eigenvalue weighted by Crippen LogP contribution is 2.29. The summed E-state index contributed by atoms with van der Waals surface area (Å²) in [4.78, 5) is 29.8. The van der Waals surface area contributed by atoms with E-state index in [4.69, 9.17) is 6.42 Å². The van der Waals surface area contributed by atoms with Gasteiger partial charge in [-0.25, -0.2) is 12.7 Å². The first-order valence-electron chi connectivity index (χ1n) is 18.4. The highest BCUT2D eigenvalue weighted by molar-refractivity contribution is 7.89. The molecule has 3 rings (SSSR count). The first kappa shape index (κ1) is 42.1. The largest absolute Gasteiger partial charge is 0.390 e. The Hall–Kier alpha value is -3.27. The molecule has 2 aromatic carbocycles. The molecular weight excluding hydrogens is 665 g/mol. The van der Waals surface area contributed by atoms with Gasteiger partial charge in [0.15, 0.2) is 0 Å². The maximum absolute atomic E-state index is 13.9. The Morgan fingerprint density at radius 3 is 2.10 bits per heavy atom. The fraction of sp³-hybridized carbons (Fsp3) is 0.600. The zero-order valence-corrected chi connectivity index (χ0v) is 31.7. The van der Waals surface area contributed by atoms with Crippen LogP contribution in [0.1, 0.15) is 76.3 Å². The Balaban J connectivity index is 1.75. The first-order chi connectivity index (χ1) is 24.3. The summed E-state index contributed by atoms with van der Waals surface area (Å²) in [5.41, 5.74) is 1.91. The second-order valence-corrected chi connectivity index (χ2v) is 16.8. The van der Waals surface area contributed by atoms with Crippen LogP contribution in [0.25, 0.3) is 0 Å². The number of terminal acetylenes is 1. The minimum Gasteiger partial charge on any atom is -0.390 e. The summed E-state index contributed by atoms with van der Waals surface area (Å²) in [5.74, 6) is 0.264.